The second kappa shape index (κ2) is 8.12. The third-order valence-corrected chi connectivity index (χ3v) is 6.21. The zero-order chi connectivity index (χ0) is 17.7. The number of amides is 1. The van der Waals surface area contributed by atoms with Gasteiger partial charge in [-0.3, -0.25) is 4.79 Å². The highest BCUT2D eigenvalue weighted by molar-refractivity contribution is 7.89. The van der Waals surface area contributed by atoms with E-state index < -0.39 is 10.0 Å². The highest BCUT2D eigenvalue weighted by Crippen LogP contribution is 2.21. The summed E-state index contributed by atoms with van der Waals surface area (Å²) < 4.78 is 27.8. The second-order valence-electron chi connectivity index (χ2n) is 6.67. The maximum atomic E-state index is 12.6. The number of hydrogen-bond donors (Lipinski definition) is 1. The highest BCUT2D eigenvalue weighted by atomic mass is 32.2. The Morgan fingerprint density at radius 1 is 1.08 bits per heavy atom. The fourth-order valence-corrected chi connectivity index (χ4v) is 4.94. The van der Waals surface area contributed by atoms with E-state index >= 15 is 0 Å². The molecule has 0 radical (unpaired) electrons. The van der Waals surface area contributed by atoms with Crippen molar-refractivity contribution in [2.75, 3.05) is 19.6 Å². The third-order valence-electron chi connectivity index (χ3n) is 4.44. The normalized spacial score (nSPS) is 16.3. The molecule has 0 aliphatic carbocycles. The summed E-state index contributed by atoms with van der Waals surface area (Å²) in [7, 11) is -3.52. The molecule has 0 unspecified atom stereocenters. The van der Waals surface area contributed by atoms with Gasteiger partial charge in [-0.2, -0.15) is 0 Å². The van der Waals surface area contributed by atoms with Crippen LogP contribution in [0.2, 0.25) is 0 Å². The minimum absolute atomic E-state index is 0.195. The van der Waals surface area contributed by atoms with E-state index in [2.05, 4.69) is 4.72 Å². The Kier molecular flexibility index (Phi) is 6.40. The van der Waals surface area contributed by atoms with Crippen molar-refractivity contribution >= 4 is 15.9 Å². The summed E-state index contributed by atoms with van der Waals surface area (Å²) in [6, 6.07) is 3.77. The lowest BCUT2D eigenvalue weighted by molar-refractivity contribution is -0.130. The van der Waals surface area contributed by atoms with Crippen LogP contribution >= 0.6 is 0 Å². The summed E-state index contributed by atoms with van der Waals surface area (Å²) in [6.45, 7) is 7.37. The van der Waals surface area contributed by atoms with Gasteiger partial charge >= 0.3 is 0 Å². The summed E-state index contributed by atoms with van der Waals surface area (Å²) in [6.07, 6.45) is 4.36. The Bertz CT molecular complexity index is 675. The lowest BCUT2D eigenvalue weighted by atomic mass is 10.1. The van der Waals surface area contributed by atoms with Gasteiger partial charge in [0, 0.05) is 26.1 Å². The number of rotatable bonds is 6. The lowest BCUT2D eigenvalue weighted by Gasteiger charge is -2.20. The monoisotopic (exact) mass is 352 g/mol. The summed E-state index contributed by atoms with van der Waals surface area (Å²) in [4.78, 5) is 14.2. The molecule has 1 saturated heterocycles. The van der Waals surface area contributed by atoms with Gasteiger partial charge in [-0.25, -0.2) is 13.1 Å². The fourth-order valence-electron chi connectivity index (χ4n) is 3.41. The van der Waals surface area contributed by atoms with E-state index in [-0.39, 0.29) is 5.91 Å². The first-order valence-corrected chi connectivity index (χ1v) is 10.1. The molecule has 6 heteroatoms. The number of carbonyl (C=O) groups is 1. The van der Waals surface area contributed by atoms with E-state index in [0.717, 1.165) is 42.5 Å². The fraction of sp³-hybridized carbons (Fsp3) is 0.611. The Morgan fingerprint density at radius 3 is 2.42 bits per heavy atom. The van der Waals surface area contributed by atoms with Crippen molar-refractivity contribution in [1.29, 1.82) is 0 Å². The molecule has 2 rings (SSSR count). The van der Waals surface area contributed by atoms with Gasteiger partial charge in [-0.15, -0.1) is 0 Å². The van der Waals surface area contributed by atoms with Crippen LogP contribution in [-0.4, -0.2) is 38.9 Å². The maximum absolute atomic E-state index is 12.6. The van der Waals surface area contributed by atoms with Crippen LogP contribution in [0.4, 0.5) is 0 Å². The van der Waals surface area contributed by atoms with Crippen LogP contribution in [0.25, 0.3) is 0 Å². The van der Waals surface area contributed by atoms with Crippen molar-refractivity contribution in [3.8, 4) is 0 Å². The number of aryl methyl sites for hydroxylation is 3. The minimum Gasteiger partial charge on any atom is -0.343 e. The molecule has 1 fully saturated rings. The third kappa shape index (κ3) is 4.80. The van der Waals surface area contributed by atoms with Crippen molar-refractivity contribution < 1.29 is 13.2 Å². The van der Waals surface area contributed by atoms with Crippen LogP contribution < -0.4 is 4.72 Å². The van der Waals surface area contributed by atoms with Crippen molar-refractivity contribution in [3.05, 3.63) is 28.8 Å². The number of nitrogens with one attached hydrogen (secondary N) is 1. The van der Waals surface area contributed by atoms with Gasteiger partial charge in [0.25, 0.3) is 0 Å². The molecule has 134 valence electrons. The topological polar surface area (TPSA) is 66.5 Å². The van der Waals surface area contributed by atoms with Gasteiger partial charge < -0.3 is 4.90 Å². The van der Waals surface area contributed by atoms with Crippen LogP contribution in [0.3, 0.4) is 0 Å². The number of hydrogen-bond acceptors (Lipinski definition) is 3. The first kappa shape index (κ1) is 18.9. The summed E-state index contributed by atoms with van der Waals surface area (Å²) in [5, 5.41) is 0. The maximum Gasteiger partial charge on any atom is 0.241 e. The van der Waals surface area contributed by atoms with E-state index in [1.165, 1.54) is 0 Å². The second-order valence-corrected chi connectivity index (χ2v) is 8.37. The van der Waals surface area contributed by atoms with Gasteiger partial charge in [-0.05, 0) is 51.2 Å². The van der Waals surface area contributed by atoms with Gasteiger partial charge in [-0.1, -0.05) is 24.1 Å². The molecule has 0 saturated carbocycles. The molecule has 0 spiro atoms. The highest BCUT2D eigenvalue weighted by Gasteiger charge is 2.20. The van der Waals surface area contributed by atoms with E-state index in [1.54, 1.807) is 0 Å². The van der Waals surface area contributed by atoms with Gasteiger partial charge in [0.15, 0.2) is 0 Å². The Balaban J connectivity index is 1.93. The zero-order valence-electron chi connectivity index (χ0n) is 14.9. The molecule has 5 nitrogen and oxygen atoms in total. The molecule has 0 bridgehead atoms. The van der Waals surface area contributed by atoms with Crippen LogP contribution in [0.15, 0.2) is 17.0 Å². The Morgan fingerprint density at radius 2 is 1.75 bits per heavy atom. The molecule has 1 N–H and O–H groups in total. The number of sulfonamides is 1. The molecular weight excluding hydrogens is 324 g/mol. The minimum atomic E-state index is -3.52. The first-order chi connectivity index (χ1) is 11.3. The SMILES string of the molecule is Cc1cc(C)c(S(=O)(=O)NCCCN2CCCCCC2=O)c(C)c1. The molecule has 1 heterocycles. The van der Waals surface area contributed by atoms with E-state index in [0.29, 0.717) is 30.8 Å². The van der Waals surface area contributed by atoms with Crippen LogP contribution in [-0.2, 0) is 14.8 Å². The number of carbonyl (C=O) groups excluding carboxylic acids is 1. The molecule has 1 aromatic carbocycles. The number of nitrogens with zero attached hydrogens (tertiary/aromatic N) is 1. The van der Waals surface area contributed by atoms with Crippen LogP contribution in [0.5, 0.6) is 0 Å². The molecule has 0 aromatic heterocycles. The zero-order valence-corrected chi connectivity index (χ0v) is 15.7. The van der Waals surface area contributed by atoms with Gasteiger partial charge in [0.2, 0.25) is 15.9 Å². The molecule has 1 amide bonds. The number of benzene rings is 1. The molecular formula is C18H28N2O3S. The smallest absolute Gasteiger partial charge is 0.241 e. The van der Waals surface area contributed by atoms with Crippen LogP contribution in [0.1, 0.15) is 48.8 Å². The van der Waals surface area contributed by atoms with Crippen molar-refractivity contribution in [2.24, 2.45) is 0 Å². The lowest BCUT2D eigenvalue weighted by Crippen LogP contribution is -2.34. The number of likely N-dealkylation sites (tertiary alicyclic amines) is 1. The van der Waals surface area contributed by atoms with Crippen molar-refractivity contribution in [1.82, 2.24) is 9.62 Å². The van der Waals surface area contributed by atoms with E-state index in [1.807, 2.05) is 37.8 Å². The molecule has 1 aliphatic rings. The predicted molar refractivity (Wildman–Crippen MR) is 95.5 cm³/mol. The van der Waals surface area contributed by atoms with Crippen molar-refractivity contribution in [2.45, 2.75) is 57.8 Å². The standard InChI is InChI=1S/C18H28N2O3S/c1-14-12-15(2)18(16(3)13-14)24(22,23)19-9-7-11-20-10-6-4-5-8-17(20)21/h12-13,19H,4-11H2,1-3H3. The molecule has 1 aliphatic heterocycles. The van der Waals surface area contributed by atoms with Gasteiger partial charge in [0.1, 0.15) is 0 Å². The average Bonchev–Trinajstić information content (AvgIpc) is 2.67. The molecule has 1 aromatic rings. The first-order valence-electron chi connectivity index (χ1n) is 8.66. The Labute approximate surface area is 145 Å². The van der Waals surface area contributed by atoms with E-state index in [9.17, 15) is 13.2 Å². The van der Waals surface area contributed by atoms with Crippen molar-refractivity contribution in [3.63, 3.8) is 0 Å². The van der Waals surface area contributed by atoms with Gasteiger partial charge in [0.05, 0.1) is 4.90 Å². The quantitative estimate of drug-likeness (QED) is 0.801. The summed E-state index contributed by atoms with van der Waals surface area (Å²) in [5.74, 6) is 0.195. The van der Waals surface area contributed by atoms with Crippen LogP contribution in [0, 0.1) is 20.8 Å². The largest absolute Gasteiger partial charge is 0.343 e. The van der Waals surface area contributed by atoms with E-state index in [4.69, 9.17) is 0 Å². The predicted octanol–water partition coefficient (Wildman–Crippen LogP) is 2.68. The summed E-state index contributed by atoms with van der Waals surface area (Å²) in [5.41, 5.74) is 2.59. The molecule has 0 atom stereocenters. The molecule has 24 heavy (non-hydrogen) atoms. The average molecular weight is 353 g/mol. The Hall–Kier alpha value is -1.40. The summed E-state index contributed by atoms with van der Waals surface area (Å²) >= 11 is 0.